The van der Waals surface area contributed by atoms with Gasteiger partial charge in [-0.3, -0.25) is 0 Å². The molecule has 0 N–H and O–H groups in total. The van der Waals surface area contributed by atoms with Gasteiger partial charge in [0.05, 0.1) is 26.2 Å². The summed E-state index contributed by atoms with van der Waals surface area (Å²) in [4.78, 5) is 0. The number of halogens is 1. The molecule has 5 heteroatoms. The topological polar surface area (TPSA) is 69.2 Å². The van der Waals surface area contributed by atoms with Crippen LogP contribution in [0.2, 0.25) is 0 Å². The number of quaternary nitrogens is 1. The Morgan fingerprint density at radius 1 is 0.571 bits per heavy atom. The molecule has 0 aromatic heterocycles. The Balaban J connectivity index is 0. The van der Waals surface area contributed by atoms with Gasteiger partial charge in [0.2, 0.25) is 14.8 Å². The third kappa shape index (κ3) is 16.5. The number of unbranched alkanes of at least 4 members (excludes halogenated alkanes) is 4. The molecule has 0 aliphatic rings. The van der Waals surface area contributed by atoms with E-state index in [0.29, 0.717) is 0 Å². The van der Waals surface area contributed by atoms with Crippen LogP contribution in [0.5, 0.6) is 0 Å². The minimum atomic E-state index is -3.65. The lowest BCUT2D eigenvalue weighted by Gasteiger charge is -2.39. The zero-order chi connectivity index (χ0) is 16.6. The highest BCUT2D eigenvalue weighted by Gasteiger charge is 2.24. The van der Waals surface area contributed by atoms with Gasteiger partial charge in [-0.15, -0.1) is 0 Å². The average molecular weight is 370 g/mol. The Bertz CT molecular complexity index is 164. The molecule has 0 saturated heterocycles. The molecule has 0 fully saturated rings. The second kappa shape index (κ2) is 16.7. The molecule has 0 saturated carbocycles. The van der Waals surface area contributed by atoms with E-state index in [-0.39, 0.29) is 0 Å². The molecule has 0 radical (unpaired) electrons. The molecule has 0 aromatic carbocycles. The van der Waals surface area contributed by atoms with Crippen LogP contribution >= 0.6 is 0 Å². The summed E-state index contributed by atoms with van der Waals surface area (Å²) in [7, 11) is 0. The summed E-state index contributed by atoms with van der Waals surface area (Å²) in [6, 6.07) is 0. The monoisotopic (exact) mass is 369 g/mol. The molecule has 0 atom stereocenters. The maximum absolute atomic E-state index is 8.52. The van der Waals surface area contributed by atoms with Crippen molar-refractivity contribution >= 4 is 0 Å². The first-order valence-corrected chi connectivity index (χ1v) is 10.5. The zero-order valence-electron chi connectivity index (χ0n) is 14.5. The van der Waals surface area contributed by atoms with E-state index in [0.717, 1.165) is 0 Å². The van der Waals surface area contributed by atoms with Gasteiger partial charge in [0.25, 0.3) is 0 Å². The minimum absolute atomic E-state index is 1.35. The molecule has 0 bridgehead atoms. The Kier molecular flexibility index (Phi) is 18.7. The number of hydrogen-bond acceptors (Lipinski definition) is 3. The molecular formula is C16H36BrNO3. The van der Waals surface area contributed by atoms with Crippen LogP contribution in [0.15, 0.2) is 0 Å². The maximum Gasteiger partial charge on any atom is 0.216 e. The van der Waals surface area contributed by atoms with E-state index in [9.17, 15) is 0 Å². The van der Waals surface area contributed by atoms with Crippen LogP contribution in [0.4, 0.5) is 0 Å². The van der Waals surface area contributed by atoms with E-state index in [1.54, 1.807) is 0 Å². The first-order chi connectivity index (χ1) is 9.97. The van der Waals surface area contributed by atoms with Crippen LogP contribution in [0.3, 0.4) is 0 Å². The first kappa shape index (κ1) is 23.6. The quantitative estimate of drug-likeness (QED) is 0.488. The summed E-state index contributed by atoms with van der Waals surface area (Å²) in [6.07, 6.45) is 11.1. The van der Waals surface area contributed by atoms with Crippen molar-refractivity contribution in [2.45, 2.75) is 79.1 Å². The first-order valence-electron chi connectivity index (χ1n) is 8.56. The molecule has 0 heterocycles. The highest BCUT2D eigenvalue weighted by Crippen LogP contribution is 2.16. The SMILES string of the molecule is CCCC[N+](CCCC)(CCCC)CCCC.[O-][Br+2]([O-])[O-]. The summed E-state index contributed by atoms with van der Waals surface area (Å²) in [5.74, 6) is 0. The molecule has 0 aromatic rings. The van der Waals surface area contributed by atoms with Gasteiger partial charge in [-0.25, -0.2) is 0 Å². The van der Waals surface area contributed by atoms with Gasteiger partial charge in [0, 0.05) is 0 Å². The molecule has 0 aliphatic carbocycles. The Hall–Kier alpha value is 0.320. The summed E-state index contributed by atoms with van der Waals surface area (Å²) in [6.45, 7) is 15.0. The van der Waals surface area contributed by atoms with Gasteiger partial charge >= 0.3 is 0 Å². The van der Waals surface area contributed by atoms with Crippen molar-refractivity contribution in [2.24, 2.45) is 0 Å². The molecule has 0 unspecified atom stereocenters. The fourth-order valence-corrected chi connectivity index (χ4v) is 2.64. The van der Waals surface area contributed by atoms with Crippen LogP contribution in [-0.4, -0.2) is 30.7 Å². The van der Waals surface area contributed by atoms with Gasteiger partial charge in [-0.1, -0.05) is 53.4 Å². The Morgan fingerprint density at radius 3 is 0.905 bits per heavy atom. The van der Waals surface area contributed by atoms with Crippen molar-refractivity contribution in [3.05, 3.63) is 0 Å². The number of hydrogen-bond donors (Lipinski definition) is 0. The van der Waals surface area contributed by atoms with Crippen molar-refractivity contribution in [3.63, 3.8) is 0 Å². The predicted octanol–water partition coefficient (Wildman–Crippen LogP) is 1.44. The van der Waals surface area contributed by atoms with Gasteiger partial charge < -0.3 is 17.1 Å². The number of rotatable bonds is 12. The minimum Gasteiger partial charge on any atom is -0.405 e. The molecule has 130 valence electrons. The van der Waals surface area contributed by atoms with E-state index in [1.807, 2.05) is 0 Å². The second-order valence-electron chi connectivity index (χ2n) is 5.84. The van der Waals surface area contributed by atoms with Crippen molar-refractivity contribution in [2.75, 3.05) is 26.2 Å². The molecule has 0 aliphatic heterocycles. The third-order valence-corrected chi connectivity index (χ3v) is 3.94. The van der Waals surface area contributed by atoms with Crippen LogP contribution < -0.4 is 12.6 Å². The summed E-state index contributed by atoms with van der Waals surface area (Å²) >= 11 is -3.65. The van der Waals surface area contributed by atoms with Crippen LogP contribution in [0, 0.1) is 14.8 Å². The summed E-state index contributed by atoms with van der Waals surface area (Å²) in [5, 5.41) is 0. The van der Waals surface area contributed by atoms with E-state index in [4.69, 9.17) is 12.6 Å². The Morgan fingerprint density at radius 2 is 0.762 bits per heavy atom. The van der Waals surface area contributed by atoms with Gasteiger partial charge in [-0.05, 0) is 25.7 Å². The largest absolute Gasteiger partial charge is 0.405 e. The summed E-state index contributed by atoms with van der Waals surface area (Å²) < 4.78 is 27.0. The molecule has 0 spiro atoms. The zero-order valence-corrected chi connectivity index (χ0v) is 16.1. The van der Waals surface area contributed by atoms with E-state index < -0.39 is 14.8 Å². The third-order valence-electron chi connectivity index (χ3n) is 3.94. The normalized spacial score (nSPS) is 11.4. The van der Waals surface area contributed by atoms with Crippen molar-refractivity contribution in [1.29, 1.82) is 0 Å². The van der Waals surface area contributed by atoms with Crippen LogP contribution in [0.1, 0.15) is 79.1 Å². The molecule has 21 heavy (non-hydrogen) atoms. The predicted molar refractivity (Wildman–Crippen MR) is 79.4 cm³/mol. The smallest absolute Gasteiger partial charge is 0.216 e. The summed E-state index contributed by atoms with van der Waals surface area (Å²) in [5.41, 5.74) is 0. The van der Waals surface area contributed by atoms with Gasteiger partial charge in [-0.2, -0.15) is 0 Å². The number of nitrogens with zero attached hydrogens (tertiary/aromatic N) is 1. The highest BCUT2D eigenvalue weighted by atomic mass is 80.0. The van der Waals surface area contributed by atoms with Crippen LogP contribution in [-0.2, 0) is 0 Å². The van der Waals surface area contributed by atoms with E-state index in [1.165, 1.54) is 82.0 Å². The maximum atomic E-state index is 8.52. The second-order valence-corrected chi connectivity index (χ2v) is 6.63. The van der Waals surface area contributed by atoms with Crippen molar-refractivity contribution in [1.82, 2.24) is 0 Å². The van der Waals surface area contributed by atoms with Crippen molar-refractivity contribution in [3.8, 4) is 0 Å². The van der Waals surface area contributed by atoms with E-state index in [2.05, 4.69) is 27.7 Å². The Labute approximate surface area is 137 Å². The lowest BCUT2D eigenvalue weighted by atomic mass is 10.1. The van der Waals surface area contributed by atoms with Gasteiger partial charge in [0.1, 0.15) is 0 Å². The lowest BCUT2D eigenvalue weighted by Crippen LogP contribution is -2.50. The standard InChI is InChI=1S/C16H36N.BrO3/c1-5-9-13-17(14-10-6-2,15-11-7-3)16-12-8-4;2-1(3)4/h5-16H2,1-4H3;/q+1;-1. The molecule has 0 rings (SSSR count). The van der Waals surface area contributed by atoms with E-state index >= 15 is 0 Å². The molecule has 0 amide bonds. The molecular weight excluding hydrogens is 334 g/mol. The fourth-order valence-electron chi connectivity index (χ4n) is 2.64. The molecule has 4 nitrogen and oxygen atoms in total. The van der Waals surface area contributed by atoms with Crippen LogP contribution in [0.25, 0.3) is 0 Å². The fraction of sp³-hybridized carbons (Fsp3) is 1.00. The highest BCUT2D eigenvalue weighted by molar-refractivity contribution is 4.49. The van der Waals surface area contributed by atoms with Crippen molar-refractivity contribution < 1.29 is 31.9 Å². The average Bonchev–Trinajstić information content (AvgIpc) is 2.45. The lowest BCUT2D eigenvalue weighted by molar-refractivity contribution is -1.73. The van der Waals surface area contributed by atoms with Gasteiger partial charge in [0.15, 0.2) is 0 Å².